The normalized spacial score (nSPS) is 17.3. The Labute approximate surface area is 198 Å². The number of amides is 1. The number of hydrogen-bond acceptors (Lipinski definition) is 4. The Morgan fingerprint density at radius 2 is 1.76 bits per heavy atom. The molecule has 1 atom stereocenters. The molecule has 5 nitrogen and oxygen atoms in total. The van der Waals surface area contributed by atoms with Crippen LogP contribution in [0, 0.1) is 19.7 Å². The molecule has 0 saturated carbocycles. The molecule has 0 spiro atoms. The fraction of sp³-hybridized carbons (Fsp3) is 0.214. The maximum Gasteiger partial charge on any atom is 0.295 e. The van der Waals surface area contributed by atoms with Crippen LogP contribution in [0.4, 0.5) is 4.39 Å². The molecule has 174 valence electrons. The molecular weight excluding hydrogens is 433 g/mol. The maximum atomic E-state index is 13.4. The molecule has 3 aromatic carbocycles. The lowest BCUT2D eigenvalue weighted by molar-refractivity contribution is -0.140. The summed E-state index contributed by atoms with van der Waals surface area (Å²) >= 11 is 0. The predicted molar refractivity (Wildman–Crippen MR) is 128 cm³/mol. The second-order valence-electron chi connectivity index (χ2n) is 8.38. The number of carbonyl (C=O) groups is 2. The van der Waals surface area contributed by atoms with Crippen molar-refractivity contribution in [3.8, 4) is 5.75 Å². The molecular formula is C28H26FNO4. The fourth-order valence-electron chi connectivity index (χ4n) is 4.29. The number of carbonyl (C=O) groups excluding carboxylic acids is 2. The van der Waals surface area contributed by atoms with E-state index in [9.17, 15) is 19.1 Å². The van der Waals surface area contributed by atoms with E-state index in [0.29, 0.717) is 29.0 Å². The quantitative estimate of drug-likeness (QED) is 0.302. The number of aryl methyl sites for hydroxylation is 2. The van der Waals surface area contributed by atoms with Crippen molar-refractivity contribution < 1.29 is 23.8 Å². The Kier molecular flexibility index (Phi) is 6.50. The van der Waals surface area contributed by atoms with E-state index in [1.807, 2.05) is 45.0 Å². The summed E-state index contributed by atoms with van der Waals surface area (Å²) in [5.74, 6) is -1.40. The largest absolute Gasteiger partial charge is 0.507 e. The minimum absolute atomic E-state index is 0.0290. The Morgan fingerprint density at radius 3 is 2.41 bits per heavy atom. The van der Waals surface area contributed by atoms with E-state index in [4.69, 9.17) is 4.74 Å². The Balaban J connectivity index is 1.84. The number of nitrogens with zero attached hydrogens (tertiary/aromatic N) is 1. The van der Waals surface area contributed by atoms with Gasteiger partial charge in [0.05, 0.1) is 18.2 Å². The average Bonchev–Trinajstić information content (AvgIpc) is 3.06. The standard InChI is InChI=1S/C28H26FNO4/c1-4-34-23-13-10-21(15-18(23)3)26(31)24-25(20-7-5-6-17(2)14-20)30(28(33)27(24)32)16-19-8-11-22(29)12-9-19/h5-15,25,31H,4,16H2,1-3H3/b26-24-. The molecule has 1 amide bonds. The molecule has 1 N–H and O–H groups in total. The molecule has 1 fully saturated rings. The fourth-order valence-corrected chi connectivity index (χ4v) is 4.29. The molecule has 0 bridgehead atoms. The molecule has 1 aliphatic heterocycles. The van der Waals surface area contributed by atoms with Crippen molar-refractivity contribution in [1.82, 2.24) is 4.90 Å². The summed E-state index contributed by atoms with van der Waals surface area (Å²) in [5, 5.41) is 11.3. The van der Waals surface area contributed by atoms with Gasteiger partial charge < -0.3 is 14.7 Å². The zero-order valence-electron chi connectivity index (χ0n) is 19.3. The summed E-state index contributed by atoms with van der Waals surface area (Å²) in [6.07, 6.45) is 0. The van der Waals surface area contributed by atoms with Gasteiger partial charge >= 0.3 is 0 Å². The number of ether oxygens (including phenoxy) is 1. The lowest BCUT2D eigenvalue weighted by Crippen LogP contribution is -2.29. The Hall–Kier alpha value is -3.93. The Bertz CT molecular complexity index is 1280. The van der Waals surface area contributed by atoms with Gasteiger partial charge in [-0.2, -0.15) is 0 Å². The van der Waals surface area contributed by atoms with Gasteiger partial charge in [0, 0.05) is 12.1 Å². The van der Waals surface area contributed by atoms with Gasteiger partial charge in [0.25, 0.3) is 11.7 Å². The lowest BCUT2D eigenvalue weighted by Gasteiger charge is -2.26. The van der Waals surface area contributed by atoms with E-state index in [1.54, 1.807) is 30.3 Å². The van der Waals surface area contributed by atoms with E-state index < -0.39 is 17.7 Å². The first kappa shape index (κ1) is 23.2. The van der Waals surface area contributed by atoms with Gasteiger partial charge in [-0.05, 0) is 67.8 Å². The third-order valence-corrected chi connectivity index (χ3v) is 5.91. The van der Waals surface area contributed by atoms with Crippen molar-refractivity contribution in [3.05, 3.63) is 106 Å². The summed E-state index contributed by atoms with van der Waals surface area (Å²) in [6, 6.07) is 17.7. The van der Waals surface area contributed by atoms with E-state index in [2.05, 4.69) is 0 Å². The first-order chi connectivity index (χ1) is 16.3. The number of halogens is 1. The molecule has 0 aromatic heterocycles. The number of ketones is 1. The van der Waals surface area contributed by atoms with E-state index in [0.717, 1.165) is 11.1 Å². The highest BCUT2D eigenvalue weighted by molar-refractivity contribution is 6.46. The summed E-state index contributed by atoms with van der Waals surface area (Å²) in [6.45, 7) is 6.27. The number of hydrogen-bond donors (Lipinski definition) is 1. The smallest absolute Gasteiger partial charge is 0.295 e. The highest BCUT2D eigenvalue weighted by atomic mass is 19.1. The molecule has 1 saturated heterocycles. The molecule has 1 heterocycles. The van der Waals surface area contributed by atoms with E-state index in [-0.39, 0.29) is 23.7 Å². The third kappa shape index (κ3) is 4.44. The molecule has 6 heteroatoms. The number of rotatable bonds is 6. The zero-order chi connectivity index (χ0) is 24.4. The van der Waals surface area contributed by atoms with E-state index >= 15 is 0 Å². The minimum atomic E-state index is -0.781. The van der Waals surface area contributed by atoms with Crippen LogP contribution < -0.4 is 4.74 Å². The van der Waals surface area contributed by atoms with Crippen molar-refractivity contribution in [2.24, 2.45) is 0 Å². The van der Waals surface area contributed by atoms with Crippen LogP contribution in [0.15, 0.2) is 72.3 Å². The van der Waals surface area contributed by atoms with Gasteiger partial charge in [0.2, 0.25) is 0 Å². The van der Waals surface area contributed by atoms with Crippen LogP contribution in [0.5, 0.6) is 5.75 Å². The number of benzene rings is 3. The topological polar surface area (TPSA) is 66.8 Å². The number of likely N-dealkylation sites (tertiary alicyclic amines) is 1. The molecule has 1 aliphatic rings. The third-order valence-electron chi connectivity index (χ3n) is 5.91. The maximum absolute atomic E-state index is 13.4. The Morgan fingerprint density at radius 1 is 1.03 bits per heavy atom. The average molecular weight is 460 g/mol. The molecule has 3 aromatic rings. The van der Waals surface area contributed by atoms with Crippen LogP contribution in [0.25, 0.3) is 5.76 Å². The predicted octanol–water partition coefficient (Wildman–Crippen LogP) is 5.46. The second-order valence-corrected chi connectivity index (χ2v) is 8.38. The van der Waals surface area contributed by atoms with Crippen LogP contribution >= 0.6 is 0 Å². The van der Waals surface area contributed by atoms with Crippen molar-refractivity contribution >= 4 is 17.4 Å². The van der Waals surface area contributed by atoms with Crippen LogP contribution in [0.2, 0.25) is 0 Å². The van der Waals surface area contributed by atoms with Gasteiger partial charge in [-0.25, -0.2) is 4.39 Å². The van der Waals surface area contributed by atoms with Crippen LogP contribution in [0.1, 0.15) is 40.8 Å². The molecule has 0 aliphatic carbocycles. The van der Waals surface area contributed by atoms with Gasteiger partial charge in [-0.1, -0.05) is 42.0 Å². The minimum Gasteiger partial charge on any atom is -0.507 e. The van der Waals surface area contributed by atoms with Gasteiger partial charge in [0.1, 0.15) is 17.3 Å². The summed E-state index contributed by atoms with van der Waals surface area (Å²) in [7, 11) is 0. The van der Waals surface area contributed by atoms with Gasteiger partial charge in [0.15, 0.2) is 0 Å². The van der Waals surface area contributed by atoms with Crippen molar-refractivity contribution in [3.63, 3.8) is 0 Å². The number of Topliss-reactive ketones (excluding diaryl/α,β-unsaturated/α-hetero) is 1. The first-order valence-electron chi connectivity index (χ1n) is 11.1. The number of aliphatic hydroxyl groups is 1. The monoisotopic (exact) mass is 459 g/mol. The van der Waals surface area contributed by atoms with Gasteiger partial charge in [-0.3, -0.25) is 9.59 Å². The van der Waals surface area contributed by atoms with Crippen molar-refractivity contribution in [2.45, 2.75) is 33.4 Å². The number of aliphatic hydroxyl groups excluding tert-OH is 1. The molecule has 4 rings (SSSR count). The van der Waals surface area contributed by atoms with Crippen LogP contribution in [-0.2, 0) is 16.1 Å². The molecule has 1 unspecified atom stereocenters. The SMILES string of the molecule is CCOc1ccc(/C(O)=C2/C(=O)C(=O)N(Cc3ccc(F)cc3)C2c2cccc(C)c2)cc1C. The molecule has 0 radical (unpaired) electrons. The van der Waals surface area contributed by atoms with Crippen LogP contribution in [0.3, 0.4) is 0 Å². The summed E-state index contributed by atoms with van der Waals surface area (Å²) in [4.78, 5) is 27.8. The molecule has 34 heavy (non-hydrogen) atoms. The zero-order valence-corrected chi connectivity index (χ0v) is 19.3. The van der Waals surface area contributed by atoms with E-state index in [1.165, 1.54) is 17.0 Å². The summed E-state index contributed by atoms with van der Waals surface area (Å²) in [5.41, 5.74) is 3.61. The van der Waals surface area contributed by atoms with Gasteiger partial charge in [-0.15, -0.1) is 0 Å². The highest BCUT2D eigenvalue weighted by Crippen LogP contribution is 2.41. The first-order valence-corrected chi connectivity index (χ1v) is 11.1. The summed E-state index contributed by atoms with van der Waals surface area (Å²) < 4.78 is 19.0. The second kappa shape index (κ2) is 9.51. The highest BCUT2D eigenvalue weighted by Gasteiger charge is 2.46. The van der Waals surface area contributed by atoms with Crippen molar-refractivity contribution in [2.75, 3.05) is 6.61 Å². The van der Waals surface area contributed by atoms with Crippen LogP contribution in [-0.4, -0.2) is 28.3 Å². The lowest BCUT2D eigenvalue weighted by atomic mass is 9.94. The van der Waals surface area contributed by atoms with Crippen molar-refractivity contribution in [1.29, 1.82) is 0 Å².